The van der Waals surface area contributed by atoms with Gasteiger partial charge in [-0.25, -0.2) is 0 Å². The molecule has 3 aromatic heterocycles. The van der Waals surface area contributed by atoms with Crippen LogP contribution in [0.1, 0.15) is 22.9 Å². The monoisotopic (exact) mass is 361 g/mol. The van der Waals surface area contributed by atoms with Crippen molar-refractivity contribution in [1.29, 1.82) is 0 Å². The van der Waals surface area contributed by atoms with Crippen LogP contribution in [0.4, 0.5) is 0 Å². The van der Waals surface area contributed by atoms with Gasteiger partial charge in [0, 0.05) is 36.9 Å². The van der Waals surface area contributed by atoms with Crippen molar-refractivity contribution in [3.05, 3.63) is 89.9 Å². The summed E-state index contributed by atoms with van der Waals surface area (Å²) in [4.78, 5) is 34.8. The fourth-order valence-corrected chi connectivity index (χ4v) is 3.14. The van der Waals surface area contributed by atoms with E-state index in [1.54, 1.807) is 42.7 Å². The van der Waals surface area contributed by atoms with Crippen molar-refractivity contribution in [3.63, 3.8) is 0 Å². The highest BCUT2D eigenvalue weighted by Gasteiger charge is 2.47. The standard InChI is InChI=1S/C20H15N3O4/c24-18(14-5-8-21-9-6-14)16-17(15-4-2-10-27-15)23(20(26)19(16)25)12-13-3-1-7-22-11-13/h1-11,17,24H,12H2/b18-16-. The summed E-state index contributed by atoms with van der Waals surface area (Å²) in [5, 5.41) is 10.8. The lowest BCUT2D eigenvalue weighted by atomic mass is 10.00. The molecule has 0 saturated carbocycles. The molecular weight excluding hydrogens is 346 g/mol. The first-order valence-corrected chi connectivity index (χ1v) is 8.28. The number of furan rings is 1. The second kappa shape index (κ2) is 6.87. The van der Waals surface area contributed by atoms with Crippen LogP contribution < -0.4 is 0 Å². The summed E-state index contributed by atoms with van der Waals surface area (Å²) in [5.74, 6) is -1.31. The molecule has 0 bridgehead atoms. The Bertz CT molecular complexity index is 998. The fourth-order valence-electron chi connectivity index (χ4n) is 3.14. The third kappa shape index (κ3) is 2.99. The number of hydrogen-bond donors (Lipinski definition) is 1. The van der Waals surface area contributed by atoms with E-state index in [0.717, 1.165) is 5.56 Å². The van der Waals surface area contributed by atoms with Crippen LogP contribution >= 0.6 is 0 Å². The largest absolute Gasteiger partial charge is 0.507 e. The number of amides is 1. The van der Waals surface area contributed by atoms with E-state index in [1.807, 2.05) is 6.07 Å². The number of carbonyl (C=O) groups excluding carboxylic acids is 2. The maximum absolute atomic E-state index is 12.7. The molecule has 1 atom stereocenters. The summed E-state index contributed by atoms with van der Waals surface area (Å²) in [7, 11) is 0. The SMILES string of the molecule is O=C1C(=O)N(Cc2cccnc2)C(c2ccco2)/C1=C(/O)c1ccncc1. The molecule has 0 aromatic carbocycles. The lowest BCUT2D eigenvalue weighted by Crippen LogP contribution is -2.29. The lowest BCUT2D eigenvalue weighted by Gasteiger charge is -2.23. The minimum absolute atomic E-state index is 0.00922. The minimum atomic E-state index is -0.826. The van der Waals surface area contributed by atoms with Gasteiger partial charge in [0.1, 0.15) is 17.6 Å². The molecule has 1 N–H and O–H groups in total. The normalized spacial score (nSPS) is 18.8. The Kier molecular flexibility index (Phi) is 4.25. The minimum Gasteiger partial charge on any atom is -0.507 e. The number of rotatable bonds is 4. The average molecular weight is 361 g/mol. The second-order valence-electron chi connectivity index (χ2n) is 6.04. The van der Waals surface area contributed by atoms with Crippen molar-refractivity contribution in [2.24, 2.45) is 0 Å². The summed E-state index contributed by atoms with van der Waals surface area (Å²) in [6, 6.07) is 9.23. The highest BCUT2D eigenvalue weighted by Crippen LogP contribution is 2.40. The predicted octanol–water partition coefficient (Wildman–Crippen LogP) is 2.69. The number of likely N-dealkylation sites (tertiary alicyclic amines) is 1. The molecule has 1 unspecified atom stereocenters. The van der Waals surface area contributed by atoms with Crippen LogP contribution in [0.3, 0.4) is 0 Å². The zero-order valence-corrected chi connectivity index (χ0v) is 14.1. The van der Waals surface area contributed by atoms with Gasteiger partial charge in [0.15, 0.2) is 0 Å². The van der Waals surface area contributed by atoms with Gasteiger partial charge in [0.25, 0.3) is 11.7 Å². The average Bonchev–Trinajstić information content (AvgIpc) is 3.32. The Labute approximate surface area is 154 Å². The molecule has 0 aliphatic carbocycles. The molecule has 1 fully saturated rings. The number of hydrogen-bond acceptors (Lipinski definition) is 6. The number of aromatic nitrogens is 2. The van der Waals surface area contributed by atoms with E-state index in [9.17, 15) is 14.7 Å². The molecular formula is C20H15N3O4. The molecule has 4 rings (SSSR count). The Balaban J connectivity index is 1.83. The van der Waals surface area contributed by atoms with E-state index >= 15 is 0 Å². The van der Waals surface area contributed by atoms with Crippen LogP contribution in [-0.4, -0.2) is 31.7 Å². The zero-order valence-electron chi connectivity index (χ0n) is 14.1. The molecule has 4 heterocycles. The first kappa shape index (κ1) is 16.7. The van der Waals surface area contributed by atoms with Crippen molar-refractivity contribution < 1.29 is 19.1 Å². The molecule has 1 aliphatic heterocycles. The molecule has 27 heavy (non-hydrogen) atoms. The van der Waals surface area contributed by atoms with Gasteiger partial charge in [-0.15, -0.1) is 0 Å². The van der Waals surface area contributed by atoms with Crippen molar-refractivity contribution in [2.45, 2.75) is 12.6 Å². The van der Waals surface area contributed by atoms with Crippen molar-refractivity contribution in [2.75, 3.05) is 0 Å². The number of ketones is 1. The summed E-state index contributed by atoms with van der Waals surface area (Å²) < 4.78 is 5.48. The maximum atomic E-state index is 12.7. The Morgan fingerprint density at radius 3 is 2.56 bits per heavy atom. The van der Waals surface area contributed by atoms with Crippen LogP contribution in [-0.2, 0) is 16.1 Å². The van der Waals surface area contributed by atoms with Crippen molar-refractivity contribution >= 4 is 17.4 Å². The first-order valence-electron chi connectivity index (χ1n) is 8.28. The molecule has 3 aromatic rings. The maximum Gasteiger partial charge on any atom is 0.296 e. The van der Waals surface area contributed by atoms with Crippen LogP contribution in [0.2, 0.25) is 0 Å². The Hall–Kier alpha value is -3.74. The quantitative estimate of drug-likeness (QED) is 0.436. The van der Waals surface area contributed by atoms with E-state index in [1.165, 1.54) is 23.6 Å². The van der Waals surface area contributed by atoms with E-state index < -0.39 is 17.7 Å². The summed E-state index contributed by atoms with van der Waals surface area (Å²) >= 11 is 0. The fraction of sp³-hybridized carbons (Fsp3) is 0.100. The van der Waals surface area contributed by atoms with E-state index in [-0.39, 0.29) is 17.9 Å². The van der Waals surface area contributed by atoms with Gasteiger partial charge in [-0.2, -0.15) is 0 Å². The summed E-state index contributed by atoms with van der Waals surface area (Å²) in [6.07, 6.45) is 7.73. The Morgan fingerprint density at radius 1 is 1.07 bits per heavy atom. The van der Waals surface area contributed by atoms with E-state index in [2.05, 4.69) is 9.97 Å². The predicted molar refractivity (Wildman–Crippen MR) is 95.0 cm³/mol. The van der Waals surface area contributed by atoms with E-state index in [0.29, 0.717) is 11.3 Å². The number of aliphatic hydroxyl groups is 1. The van der Waals surface area contributed by atoms with Crippen molar-refractivity contribution in [3.8, 4) is 0 Å². The van der Waals surface area contributed by atoms with Gasteiger partial charge >= 0.3 is 0 Å². The number of aliphatic hydroxyl groups excluding tert-OH is 1. The highest BCUT2D eigenvalue weighted by atomic mass is 16.3. The van der Waals surface area contributed by atoms with Gasteiger partial charge in [0.05, 0.1) is 11.8 Å². The smallest absolute Gasteiger partial charge is 0.296 e. The summed E-state index contributed by atoms with van der Waals surface area (Å²) in [5.41, 5.74) is 1.16. The first-order chi connectivity index (χ1) is 13.2. The van der Waals surface area contributed by atoms with Crippen LogP contribution in [0.25, 0.3) is 5.76 Å². The topological polar surface area (TPSA) is 96.5 Å². The third-order valence-electron chi connectivity index (χ3n) is 4.38. The molecule has 1 aliphatic rings. The van der Waals surface area contributed by atoms with Gasteiger partial charge in [-0.3, -0.25) is 19.6 Å². The van der Waals surface area contributed by atoms with E-state index in [4.69, 9.17) is 4.42 Å². The van der Waals surface area contributed by atoms with Crippen LogP contribution in [0.5, 0.6) is 0 Å². The van der Waals surface area contributed by atoms with Gasteiger partial charge in [-0.1, -0.05) is 6.07 Å². The molecule has 134 valence electrons. The van der Waals surface area contributed by atoms with Crippen molar-refractivity contribution in [1.82, 2.24) is 14.9 Å². The van der Waals surface area contributed by atoms with Gasteiger partial charge in [-0.05, 0) is 35.9 Å². The number of carbonyl (C=O) groups is 2. The Morgan fingerprint density at radius 2 is 1.89 bits per heavy atom. The number of Topliss-reactive ketones (excluding diaryl/α,β-unsaturated/α-hetero) is 1. The van der Waals surface area contributed by atoms with Gasteiger partial charge < -0.3 is 14.4 Å². The number of nitrogens with zero attached hydrogens (tertiary/aromatic N) is 3. The molecule has 7 heteroatoms. The summed E-state index contributed by atoms with van der Waals surface area (Å²) in [6.45, 7) is 0.164. The lowest BCUT2D eigenvalue weighted by molar-refractivity contribution is -0.140. The third-order valence-corrected chi connectivity index (χ3v) is 4.38. The zero-order chi connectivity index (χ0) is 18.8. The van der Waals surface area contributed by atoms with Crippen LogP contribution in [0.15, 0.2) is 77.4 Å². The molecule has 0 radical (unpaired) electrons. The molecule has 1 amide bonds. The number of pyridine rings is 2. The highest BCUT2D eigenvalue weighted by molar-refractivity contribution is 6.46. The van der Waals surface area contributed by atoms with Crippen LogP contribution in [0, 0.1) is 0 Å². The molecule has 7 nitrogen and oxygen atoms in total. The molecule has 0 spiro atoms. The molecule has 1 saturated heterocycles. The second-order valence-corrected chi connectivity index (χ2v) is 6.04. The van der Waals surface area contributed by atoms with Gasteiger partial charge in [0.2, 0.25) is 0 Å².